The van der Waals surface area contributed by atoms with Crippen LogP contribution in [0.3, 0.4) is 0 Å². The molecule has 3 atom stereocenters. The third-order valence-electron chi connectivity index (χ3n) is 6.05. The molecule has 0 spiro atoms. The first kappa shape index (κ1) is 25.2. The topological polar surface area (TPSA) is 79.9 Å². The molecule has 33 heavy (non-hydrogen) atoms. The van der Waals surface area contributed by atoms with Crippen molar-refractivity contribution in [2.24, 2.45) is 5.92 Å². The number of likely N-dealkylation sites (tertiary alicyclic amines) is 1. The molecule has 3 rings (SSSR count). The number of unbranched alkanes of at least 4 members (excludes halogenated alkanes) is 1. The Hall–Kier alpha value is -2.44. The molecule has 0 aromatic heterocycles. The predicted octanol–water partition coefficient (Wildman–Crippen LogP) is 5.86. The molecule has 0 radical (unpaired) electrons. The van der Waals surface area contributed by atoms with Gasteiger partial charge in [-0.2, -0.15) is 0 Å². The molecule has 1 fully saturated rings. The van der Waals surface area contributed by atoms with E-state index in [2.05, 4.69) is 22.8 Å². The fourth-order valence-corrected chi connectivity index (χ4v) is 4.84. The number of carbonyl (C=O) groups excluding carboxylic acids is 2. The highest BCUT2D eigenvalue weighted by molar-refractivity contribution is 5.70. The Labute approximate surface area is 198 Å². The largest absolute Gasteiger partial charge is 0.444 e. The zero-order valence-corrected chi connectivity index (χ0v) is 21.1. The summed E-state index contributed by atoms with van der Waals surface area (Å²) in [4.78, 5) is 26.9. The van der Waals surface area contributed by atoms with Gasteiger partial charge in [0, 0.05) is 30.7 Å². The van der Waals surface area contributed by atoms with E-state index < -0.39 is 11.2 Å². The van der Waals surface area contributed by atoms with E-state index in [-0.39, 0.29) is 24.3 Å². The second-order valence-electron chi connectivity index (χ2n) is 11.2. The second-order valence-corrected chi connectivity index (χ2v) is 11.2. The fourth-order valence-electron chi connectivity index (χ4n) is 4.84. The van der Waals surface area contributed by atoms with Gasteiger partial charge in [0.15, 0.2) is 0 Å². The maximum absolute atomic E-state index is 13.1. The van der Waals surface area contributed by atoms with Crippen LogP contribution in [-0.2, 0) is 9.47 Å². The van der Waals surface area contributed by atoms with Crippen molar-refractivity contribution in [3.05, 3.63) is 29.8 Å². The predicted molar refractivity (Wildman–Crippen MR) is 130 cm³/mol. The summed E-state index contributed by atoms with van der Waals surface area (Å²) in [6.07, 6.45) is 4.29. The Morgan fingerprint density at radius 1 is 1.06 bits per heavy atom. The van der Waals surface area contributed by atoms with Crippen molar-refractivity contribution in [3.63, 3.8) is 0 Å². The number of nitrogens with one attached hydrogen (secondary N) is 2. The number of amides is 2. The highest BCUT2D eigenvalue weighted by Gasteiger charge is 2.44. The van der Waals surface area contributed by atoms with E-state index in [1.54, 1.807) is 0 Å². The Morgan fingerprint density at radius 2 is 1.76 bits per heavy atom. The van der Waals surface area contributed by atoms with E-state index in [0.717, 1.165) is 44.3 Å². The molecule has 7 nitrogen and oxygen atoms in total. The average Bonchev–Trinajstić information content (AvgIpc) is 2.70. The van der Waals surface area contributed by atoms with Crippen LogP contribution >= 0.6 is 0 Å². The molecule has 0 saturated carbocycles. The van der Waals surface area contributed by atoms with Gasteiger partial charge in [-0.1, -0.05) is 18.2 Å². The van der Waals surface area contributed by atoms with E-state index in [1.165, 1.54) is 5.56 Å². The van der Waals surface area contributed by atoms with Crippen molar-refractivity contribution in [1.82, 2.24) is 10.2 Å². The van der Waals surface area contributed by atoms with E-state index >= 15 is 0 Å². The van der Waals surface area contributed by atoms with Crippen LogP contribution in [-0.4, -0.2) is 47.4 Å². The Kier molecular flexibility index (Phi) is 7.80. The number of piperidine rings is 1. The molecule has 1 aromatic carbocycles. The molecule has 1 aromatic rings. The van der Waals surface area contributed by atoms with Gasteiger partial charge in [-0.05, 0) is 85.3 Å². The Morgan fingerprint density at radius 3 is 2.45 bits per heavy atom. The number of alkyl carbamates (subject to hydrolysis) is 1. The summed E-state index contributed by atoms with van der Waals surface area (Å²) in [5.74, 6) is 0.333. The number of hydrogen-bond acceptors (Lipinski definition) is 5. The molecule has 0 unspecified atom stereocenters. The zero-order valence-electron chi connectivity index (χ0n) is 21.1. The van der Waals surface area contributed by atoms with Gasteiger partial charge in [-0.25, -0.2) is 9.59 Å². The molecule has 2 aliphatic rings. The number of fused-ring (bicyclic) bond motifs is 3. The number of rotatable bonds is 5. The van der Waals surface area contributed by atoms with Crippen molar-refractivity contribution in [2.75, 3.05) is 18.4 Å². The first-order valence-electron chi connectivity index (χ1n) is 12.3. The third-order valence-corrected chi connectivity index (χ3v) is 6.05. The number of ether oxygens (including phenoxy) is 2. The molecule has 2 aliphatic heterocycles. The maximum atomic E-state index is 13.1. The van der Waals surface area contributed by atoms with Crippen LogP contribution in [0, 0.1) is 5.92 Å². The molecule has 0 aliphatic carbocycles. The first-order chi connectivity index (χ1) is 15.4. The van der Waals surface area contributed by atoms with Gasteiger partial charge in [-0.15, -0.1) is 0 Å². The monoisotopic (exact) mass is 459 g/mol. The lowest BCUT2D eigenvalue weighted by Gasteiger charge is -2.49. The molecule has 7 heteroatoms. The van der Waals surface area contributed by atoms with Crippen LogP contribution < -0.4 is 10.6 Å². The minimum Gasteiger partial charge on any atom is -0.444 e. The minimum atomic E-state index is -0.517. The smallest absolute Gasteiger partial charge is 0.410 e. The summed E-state index contributed by atoms with van der Waals surface area (Å²) in [5, 5.41) is 6.59. The van der Waals surface area contributed by atoms with Crippen LogP contribution in [0.25, 0.3) is 0 Å². The SMILES string of the molecule is CC(C)(C)OC(=O)NCCCC[C@H]1Nc2ccccc2[C@@H]2[C@H]1CCCN2C(=O)OC(C)(C)C. The van der Waals surface area contributed by atoms with Gasteiger partial charge >= 0.3 is 12.2 Å². The van der Waals surface area contributed by atoms with Crippen LogP contribution in [0.5, 0.6) is 0 Å². The minimum absolute atomic E-state index is 0.0240. The number of hydrogen-bond donors (Lipinski definition) is 2. The molecule has 184 valence electrons. The van der Waals surface area contributed by atoms with Gasteiger partial charge in [0.25, 0.3) is 0 Å². The summed E-state index contributed by atoms with van der Waals surface area (Å²) < 4.78 is 11.1. The summed E-state index contributed by atoms with van der Waals surface area (Å²) >= 11 is 0. The lowest BCUT2D eigenvalue weighted by molar-refractivity contribution is -0.00403. The summed E-state index contributed by atoms with van der Waals surface area (Å²) in [6, 6.07) is 8.61. The second kappa shape index (κ2) is 10.2. The lowest BCUT2D eigenvalue weighted by Crippen LogP contribution is -2.51. The molecule has 2 N–H and O–H groups in total. The van der Waals surface area contributed by atoms with Crippen molar-refractivity contribution in [2.45, 2.75) is 96.9 Å². The highest BCUT2D eigenvalue weighted by Crippen LogP contribution is 2.46. The average molecular weight is 460 g/mol. The molecular formula is C26H41N3O4. The highest BCUT2D eigenvalue weighted by atomic mass is 16.6. The summed E-state index contributed by atoms with van der Waals surface area (Å²) in [6.45, 7) is 12.6. The standard InChI is InChI=1S/C26H41N3O4/c1-25(2,3)32-23(30)27-16-10-9-15-21-19-13-11-17-29(24(31)33-26(4,5)6)22(19)18-12-7-8-14-20(18)28-21/h7-8,12,14,19,21-22,28H,9-11,13,15-17H2,1-6H3,(H,27,30)/t19-,21+,22+/m0/s1. The van der Waals surface area contributed by atoms with Crippen molar-refractivity contribution >= 4 is 17.9 Å². The quantitative estimate of drug-likeness (QED) is 0.539. The van der Waals surface area contributed by atoms with E-state index in [0.29, 0.717) is 12.5 Å². The zero-order chi connectivity index (χ0) is 24.2. The van der Waals surface area contributed by atoms with Crippen LogP contribution in [0.1, 0.15) is 85.3 Å². The number of carbonyl (C=O) groups is 2. The molecule has 1 saturated heterocycles. The summed E-state index contributed by atoms with van der Waals surface area (Å²) in [7, 11) is 0. The van der Waals surface area contributed by atoms with Gasteiger partial charge in [0.05, 0.1) is 6.04 Å². The van der Waals surface area contributed by atoms with Gasteiger partial charge in [-0.3, -0.25) is 0 Å². The molecule has 2 amide bonds. The van der Waals surface area contributed by atoms with Crippen LogP contribution in [0.2, 0.25) is 0 Å². The van der Waals surface area contributed by atoms with E-state index in [4.69, 9.17) is 9.47 Å². The molecule has 2 heterocycles. The Balaban J connectivity index is 1.64. The van der Waals surface area contributed by atoms with E-state index in [9.17, 15) is 9.59 Å². The lowest BCUT2D eigenvalue weighted by atomic mass is 9.75. The maximum Gasteiger partial charge on any atom is 0.410 e. The number of benzene rings is 1. The van der Waals surface area contributed by atoms with Gasteiger partial charge < -0.3 is 25.0 Å². The first-order valence-corrected chi connectivity index (χ1v) is 12.3. The van der Waals surface area contributed by atoms with E-state index in [1.807, 2.05) is 58.6 Å². The normalized spacial score (nSPS) is 22.5. The fraction of sp³-hybridized carbons (Fsp3) is 0.692. The number of para-hydroxylation sites is 1. The third kappa shape index (κ3) is 7.02. The van der Waals surface area contributed by atoms with Crippen molar-refractivity contribution < 1.29 is 19.1 Å². The molecule has 0 bridgehead atoms. The molecular weight excluding hydrogens is 418 g/mol. The number of anilines is 1. The van der Waals surface area contributed by atoms with Crippen LogP contribution in [0.15, 0.2) is 24.3 Å². The van der Waals surface area contributed by atoms with Gasteiger partial charge in [0.2, 0.25) is 0 Å². The number of nitrogens with zero attached hydrogens (tertiary/aromatic N) is 1. The van der Waals surface area contributed by atoms with Crippen LogP contribution in [0.4, 0.5) is 15.3 Å². The Bertz CT molecular complexity index is 828. The summed E-state index contributed by atoms with van der Waals surface area (Å²) in [5.41, 5.74) is 1.28. The van der Waals surface area contributed by atoms with Crippen molar-refractivity contribution in [3.8, 4) is 0 Å². The van der Waals surface area contributed by atoms with Gasteiger partial charge in [0.1, 0.15) is 11.2 Å². The van der Waals surface area contributed by atoms with Crippen molar-refractivity contribution in [1.29, 1.82) is 0 Å².